The first kappa shape index (κ1) is 10.5. The van der Waals surface area contributed by atoms with Crippen LogP contribution < -0.4 is 0 Å². The zero-order valence-corrected chi connectivity index (χ0v) is 8.54. The van der Waals surface area contributed by atoms with Gasteiger partial charge in [0.15, 0.2) is 0 Å². The van der Waals surface area contributed by atoms with E-state index >= 15 is 0 Å². The summed E-state index contributed by atoms with van der Waals surface area (Å²) >= 11 is 0. The Balaban J connectivity index is 2.74. The van der Waals surface area contributed by atoms with Gasteiger partial charge in [0.2, 0.25) is 0 Å². The number of rotatable bonds is 3. The maximum absolute atomic E-state index is 11.5. The molecule has 1 aliphatic rings. The van der Waals surface area contributed by atoms with E-state index in [1.807, 2.05) is 13.8 Å². The minimum atomic E-state index is -0.433. The summed E-state index contributed by atoms with van der Waals surface area (Å²) < 4.78 is 5.12. The highest BCUT2D eigenvalue weighted by atomic mass is 16.6. The molecule has 0 amide bonds. The van der Waals surface area contributed by atoms with Crippen LogP contribution in [0.5, 0.6) is 0 Å². The summed E-state index contributed by atoms with van der Waals surface area (Å²) in [6, 6.07) is 0. The highest BCUT2D eigenvalue weighted by Gasteiger charge is 2.46. The fraction of sp³-hybridized carbons (Fsp3) is 0.900. The van der Waals surface area contributed by atoms with Gasteiger partial charge < -0.3 is 9.84 Å². The fourth-order valence-corrected chi connectivity index (χ4v) is 2.15. The normalized spacial score (nSPS) is 36.0. The molecule has 1 rings (SSSR count). The number of aliphatic hydroxyl groups excluding tert-OH is 1. The lowest BCUT2D eigenvalue weighted by atomic mass is 9.78. The summed E-state index contributed by atoms with van der Waals surface area (Å²) in [5, 5.41) is 9.31. The number of carbonyl (C=O) groups excluding carboxylic acids is 1. The van der Waals surface area contributed by atoms with Crippen LogP contribution in [0, 0.1) is 5.41 Å². The quantitative estimate of drug-likeness (QED) is 0.679. The van der Waals surface area contributed by atoms with Crippen LogP contribution in [0.3, 0.4) is 0 Å². The molecule has 0 saturated carbocycles. The second-order valence-electron chi connectivity index (χ2n) is 4.11. The Kier molecular flexibility index (Phi) is 2.96. The van der Waals surface area contributed by atoms with Crippen molar-refractivity contribution < 1.29 is 14.6 Å². The van der Waals surface area contributed by atoms with Crippen molar-refractivity contribution in [2.24, 2.45) is 5.41 Å². The lowest BCUT2D eigenvalue weighted by Crippen LogP contribution is -2.29. The molecule has 3 nitrogen and oxygen atoms in total. The summed E-state index contributed by atoms with van der Waals surface area (Å²) in [6.45, 7) is 5.59. The Hall–Kier alpha value is -0.570. The molecule has 3 heteroatoms. The molecule has 3 atom stereocenters. The Labute approximate surface area is 79.1 Å². The van der Waals surface area contributed by atoms with Crippen LogP contribution in [0.25, 0.3) is 0 Å². The van der Waals surface area contributed by atoms with E-state index in [2.05, 4.69) is 0 Å². The average molecular weight is 186 g/mol. The second kappa shape index (κ2) is 3.66. The molecular formula is C10H18O3. The topological polar surface area (TPSA) is 46.5 Å². The first-order chi connectivity index (χ1) is 6.00. The van der Waals surface area contributed by atoms with Crippen molar-refractivity contribution >= 4 is 5.97 Å². The summed E-state index contributed by atoms with van der Waals surface area (Å²) in [5.74, 6) is -0.136. The third kappa shape index (κ3) is 2.02. The van der Waals surface area contributed by atoms with Crippen LogP contribution in [0.15, 0.2) is 0 Å². The van der Waals surface area contributed by atoms with Crippen molar-refractivity contribution in [1.29, 1.82) is 0 Å². The van der Waals surface area contributed by atoms with Gasteiger partial charge >= 0.3 is 5.97 Å². The first-order valence-corrected chi connectivity index (χ1v) is 4.89. The molecule has 0 bridgehead atoms. The van der Waals surface area contributed by atoms with Crippen LogP contribution in [0.1, 0.15) is 40.0 Å². The van der Waals surface area contributed by atoms with Crippen LogP contribution >= 0.6 is 0 Å². The molecule has 0 aliphatic carbocycles. The van der Waals surface area contributed by atoms with Crippen molar-refractivity contribution in [1.82, 2.24) is 0 Å². The van der Waals surface area contributed by atoms with Gasteiger partial charge in [-0.05, 0) is 26.7 Å². The Bertz CT molecular complexity index is 200. The minimum absolute atomic E-state index is 0.00574. The predicted molar refractivity (Wildman–Crippen MR) is 49.2 cm³/mol. The molecule has 1 aliphatic heterocycles. The maximum Gasteiger partial charge on any atom is 0.312 e. The lowest BCUT2D eigenvalue weighted by Gasteiger charge is -2.24. The number of cyclic esters (lactones) is 1. The Morgan fingerprint density at radius 2 is 2.38 bits per heavy atom. The van der Waals surface area contributed by atoms with Gasteiger partial charge in [0, 0.05) is 6.42 Å². The summed E-state index contributed by atoms with van der Waals surface area (Å²) in [7, 11) is 0. The van der Waals surface area contributed by atoms with Crippen molar-refractivity contribution in [2.75, 3.05) is 0 Å². The molecule has 0 aromatic rings. The third-order valence-electron chi connectivity index (χ3n) is 2.78. The first-order valence-electron chi connectivity index (χ1n) is 4.89. The van der Waals surface area contributed by atoms with Gasteiger partial charge in [-0.1, -0.05) is 6.92 Å². The fourth-order valence-electron chi connectivity index (χ4n) is 2.15. The zero-order chi connectivity index (χ0) is 10.1. The number of ether oxygens (including phenoxy) is 1. The second-order valence-corrected chi connectivity index (χ2v) is 4.11. The van der Waals surface area contributed by atoms with Gasteiger partial charge in [0.25, 0.3) is 0 Å². The van der Waals surface area contributed by atoms with Crippen molar-refractivity contribution in [2.45, 2.75) is 52.2 Å². The van der Waals surface area contributed by atoms with Crippen LogP contribution in [-0.2, 0) is 9.53 Å². The molecule has 0 aromatic carbocycles. The van der Waals surface area contributed by atoms with E-state index in [1.54, 1.807) is 6.92 Å². The standard InChI is InChI=1S/C10H18O3/c1-4-10(5-7(2)11)6-8(3)13-9(10)12/h7-8,11H,4-6H2,1-3H3. The molecule has 1 N–H and O–H groups in total. The van der Waals surface area contributed by atoms with E-state index in [-0.39, 0.29) is 12.1 Å². The number of hydrogen-bond donors (Lipinski definition) is 1. The maximum atomic E-state index is 11.5. The van der Waals surface area contributed by atoms with Gasteiger partial charge in [-0.3, -0.25) is 4.79 Å². The molecule has 1 fully saturated rings. The molecule has 1 saturated heterocycles. The monoisotopic (exact) mass is 186 g/mol. The molecule has 3 unspecified atom stereocenters. The smallest absolute Gasteiger partial charge is 0.312 e. The number of hydrogen-bond acceptors (Lipinski definition) is 3. The highest BCUT2D eigenvalue weighted by molar-refractivity contribution is 5.79. The molecule has 0 radical (unpaired) electrons. The lowest BCUT2D eigenvalue weighted by molar-refractivity contribution is -0.149. The Morgan fingerprint density at radius 1 is 1.77 bits per heavy atom. The van der Waals surface area contributed by atoms with E-state index in [0.29, 0.717) is 6.42 Å². The summed E-state index contributed by atoms with van der Waals surface area (Å²) in [6.07, 6.45) is 1.59. The summed E-state index contributed by atoms with van der Waals surface area (Å²) in [4.78, 5) is 11.5. The van der Waals surface area contributed by atoms with Gasteiger partial charge in [-0.25, -0.2) is 0 Å². The molecule has 13 heavy (non-hydrogen) atoms. The third-order valence-corrected chi connectivity index (χ3v) is 2.78. The van der Waals surface area contributed by atoms with E-state index < -0.39 is 11.5 Å². The van der Waals surface area contributed by atoms with Crippen molar-refractivity contribution in [3.05, 3.63) is 0 Å². The Morgan fingerprint density at radius 3 is 2.69 bits per heavy atom. The van der Waals surface area contributed by atoms with Gasteiger partial charge in [0.1, 0.15) is 6.10 Å². The van der Waals surface area contributed by atoms with Crippen LogP contribution in [0.4, 0.5) is 0 Å². The van der Waals surface area contributed by atoms with Crippen LogP contribution in [-0.4, -0.2) is 23.3 Å². The van der Waals surface area contributed by atoms with E-state index in [1.165, 1.54) is 0 Å². The number of aliphatic hydroxyl groups is 1. The average Bonchev–Trinajstić information content (AvgIpc) is 2.26. The van der Waals surface area contributed by atoms with Crippen molar-refractivity contribution in [3.8, 4) is 0 Å². The SMILES string of the molecule is CCC1(CC(C)O)CC(C)OC1=O. The minimum Gasteiger partial charge on any atom is -0.462 e. The largest absolute Gasteiger partial charge is 0.462 e. The zero-order valence-electron chi connectivity index (χ0n) is 8.54. The number of carbonyl (C=O) groups is 1. The van der Waals surface area contributed by atoms with E-state index in [9.17, 15) is 9.90 Å². The van der Waals surface area contributed by atoms with E-state index in [0.717, 1.165) is 12.8 Å². The molecule has 76 valence electrons. The van der Waals surface area contributed by atoms with E-state index in [4.69, 9.17) is 4.74 Å². The predicted octanol–water partition coefficient (Wildman–Crippen LogP) is 1.49. The molecule has 0 aromatic heterocycles. The highest BCUT2D eigenvalue weighted by Crippen LogP contribution is 2.41. The van der Waals surface area contributed by atoms with Gasteiger partial charge in [-0.15, -0.1) is 0 Å². The van der Waals surface area contributed by atoms with Gasteiger partial charge in [0.05, 0.1) is 11.5 Å². The summed E-state index contributed by atoms with van der Waals surface area (Å²) in [5.41, 5.74) is -0.423. The molecule has 0 spiro atoms. The van der Waals surface area contributed by atoms with Gasteiger partial charge in [-0.2, -0.15) is 0 Å². The number of esters is 1. The molecular weight excluding hydrogens is 168 g/mol. The molecule has 1 heterocycles. The van der Waals surface area contributed by atoms with Crippen LogP contribution in [0.2, 0.25) is 0 Å². The van der Waals surface area contributed by atoms with Crippen molar-refractivity contribution in [3.63, 3.8) is 0 Å².